The number of likely N-dealkylation sites (tertiary alicyclic amines) is 1. The Hall–Kier alpha value is -3.05. The number of hydrogen-bond donors (Lipinski definition) is 1. The number of pyridine rings is 1. The number of nitrogens with zero attached hydrogens (tertiary/aromatic N) is 2. The van der Waals surface area contributed by atoms with Gasteiger partial charge in [0.25, 0.3) is 0 Å². The summed E-state index contributed by atoms with van der Waals surface area (Å²) in [7, 11) is 3.35. The van der Waals surface area contributed by atoms with Crippen molar-refractivity contribution in [3.05, 3.63) is 71.8 Å². The highest BCUT2D eigenvalue weighted by Gasteiger charge is 2.21. The largest absolute Gasteiger partial charge is 0.493 e. The molecule has 1 saturated heterocycles. The van der Waals surface area contributed by atoms with Crippen LogP contribution in [-0.4, -0.2) is 37.2 Å². The Balaban J connectivity index is 1.35. The zero-order valence-corrected chi connectivity index (χ0v) is 17.7. The van der Waals surface area contributed by atoms with Crippen molar-refractivity contribution in [1.82, 2.24) is 9.88 Å². The first kappa shape index (κ1) is 20.2. The standard InChI is InChI=1S/C25H29N3O2/c1-29-23-11-6-18(16-24(23)30-2)17-28-14-12-20(13-15-28)19-7-9-21(10-8-19)22-4-3-5-25(26)27-22/h3-11,16,20H,12-15,17H2,1-2H3,(H2,26,27). The predicted molar refractivity (Wildman–Crippen MR) is 121 cm³/mol. The Bertz CT molecular complexity index is 980. The van der Waals surface area contributed by atoms with Gasteiger partial charge in [0, 0.05) is 12.1 Å². The molecule has 156 valence electrons. The van der Waals surface area contributed by atoms with E-state index >= 15 is 0 Å². The SMILES string of the molecule is COc1ccc(CN2CCC(c3ccc(-c4cccc(N)n4)cc3)CC2)cc1OC. The van der Waals surface area contributed by atoms with E-state index < -0.39 is 0 Å². The molecule has 0 bridgehead atoms. The van der Waals surface area contributed by atoms with Gasteiger partial charge in [0.15, 0.2) is 11.5 Å². The quantitative estimate of drug-likeness (QED) is 0.645. The molecule has 1 fully saturated rings. The summed E-state index contributed by atoms with van der Waals surface area (Å²) in [5, 5.41) is 0. The smallest absolute Gasteiger partial charge is 0.161 e. The number of benzene rings is 2. The van der Waals surface area contributed by atoms with Crippen molar-refractivity contribution < 1.29 is 9.47 Å². The summed E-state index contributed by atoms with van der Waals surface area (Å²) in [6.07, 6.45) is 2.34. The molecule has 0 spiro atoms. The summed E-state index contributed by atoms with van der Waals surface area (Å²) in [6, 6.07) is 20.7. The Morgan fingerprint density at radius 2 is 1.67 bits per heavy atom. The number of methoxy groups -OCH3 is 2. The lowest BCUT2D eigenvalue weighted by atomic mass is 9.88. The minimum absolute atomic E-state index is 0.554. The van der Waals surface area contributed by atoms with Crippen molar-refractivity contribution in [2.24, 2.45) is 0 Å². The van der Waals surface area contributed by atoms with Gasteiger partial charge in [-0.2, -0.15) is 0 Å². The molecule has 1 aliphatic rings. The first-order valence-corrected chi connectivity index (χ1v) is 10.4. The van der Waals surface area contributed by atoms with Gasteiger partial charge in [-0.15, -0.1) is 0 Å². The average molecular weight is 404 g/mol. The van der Waals surface area contributed by atoms with Crippen molar-refractivity contribution in [1.29, 1.82) is 0 Å². The number of aromatic nitrogens is 1. The zero-order valence-electron chi connectivity index (χ0n) is 17.7. The monoisotopic (exact) mass is 403 g/mol. The Morgan fingerprint density at radius 1 is 0.933 bits per heavy atom. The van der Waals surface area contributed by atoms with Crippen LogP contribution in [0.25, 0.3) is 11.3 Å². The van der Waals surface area contributed by atoms with Crippen LogP contribution >= 0.6 is 0 Å². The Morgan fingerprint density at radius 3 is 2.33 bits per heavy atom. The van der Waals surface area contributed by atoms with Crippen LogP contribution in [0.1, 0.15) is 29.9 Å². The zero-order chi connectivity index (χ0) is 20.9. The summed E-state index contributed by atoms with van der Waals surface area (Å²) in [5.74, 6) is 2.73. The van der Waals surface area contributed by atoms with Crippen LogP contribution in [0.4, 0.5) is 5.82 Å². The number of rotatable bonds is 6. The molecule has 0 unspecified atom stereocenters. The third kappa shape index (κ3) is 4.57. The molecule has 5 heteroatoms. The maximum absolute atomic E-state index is 5.81. The molecule has 3 aromatic rings. The second kappa shape index (κ2) is 9.18. The van der Waals surface area contributed by atoms with Crippen LogP contribution in [0.2, 0.25) is 0 Å². The fourth-order valence-corrected chi connectivity index (χ4v) is 4.20. The van der Waals surface area contributed by atoms with Crippen LogP contribution in [0, 0.1) is 0 Å². The van der Waals surface area contributed by atoms with Crippen LogP contribution in [0.15, 0.2) is 60.7 Å². The van der Waals surface area contributed by atoms with Crippen LogP contribution in [0.3, 0.4) is 0 Å². The topological polar surface area (TPSA) is 60.6 Å². The van der Waals surface area contributed by atoms with Gasteiger partial charge in [0.05, 0.1) is 19.9 Å². The fourth-order valence-electron chi connectivity index (χ4n) is 4.20. The number of piperidine rings is 1. The number of anilines is 1. The van der Waals surface area contributed by atoms with Crippen LogP contribution < -0.4 is 15.2 Å². The molecule has 2 aromatic carbocycles. The lowest BCUT2D eigenvalue weighted by molar-refractivity contribution is 0.204. The van der Waals surface area contributed by atoms with E-state index in [-0.39, 0.29) is 0 Å². The van der Waals surface area contributed by atoms with Gasteiger partial charge in [-0.3, -0.25) is 4.90 Å². The molecule has 0 amide bonds. The molecule has 1 aromatic heterocycles. The molecule has 0 atom stereocenters. The van der Waals surface area contributed by atoms with E-state index in [4.69, 9.17) is 15.2 Å². The van der Waals surface area contributed by atoms with Gasteiger partial charge in [0.1, 0.15) is 5.82 Å². The lowest BCUT2D eigenvalue weighted by Gasteiger charge is -2.32. The highest BCUT2D eigenvalue weighted by atomic mass is 16.5. The van der Waals surface area contributed by atoms with E-state index in [0.29, 0.717) is 11.7 Å². The first-order chi connectivity index (χ1) is 14.7. The van der Waals surface area contributed by atoms with Crippen LogP contribution in [-0.2, 0) is 6.54 Å². The Kier molecular flexibility index (Phi) is 6.19. The molecular formula is C25H29N3O2. The highest BCUT2D eigenvalue weighted by molar-refractivity contribution is 5.61. The van der Waals surface area contributed by atoms with Gasteiger partial charge in [-0.25, -0.2) is 4.98 Å². The normalized spacial score (nSPS) is 15.1. The molecule has 4 rings (SSSR count). The van der Waals surface area contributed by atoms with Gasteiger partial charge >= 0.3 is 0 Å². The summed E-state index contributed by atoms with van der Waals surface area (Å²) in [6.45, 7) is 3.13. The molecule has 0 saturated carbocycles. The van der Waals surface area contributed by atoms with E-state index in [1.165, 1.54) is 24.0 Å². The summed E-state index contributed by atoms with van der Waals surface area (Å²) in [5.41, 5.74) is 10.5. The van der Waals surface area contributed by atoms with E-state index in [1.807, 2.05) is 24.3 Å². The van der Waals surface area contributed by atoms with Crippen LogP contribution in [0.5, 0.6) is 11.5 Å². The minimum Gasteiger partial charge on any atom is -0.493 e. The Labute approximate surface area is 178 Å². The summed E-state index contributed by atoms with van der Waals surface area (Å²) < 4.78 is 10.8. The van der Waals surface area contributed by atoms with E-state index in [9.17, 15) is 0 Å². The first-order valence-electron chi connectivity index (χ1n) is 10.4. The van der Waals surface area contributed by atoms with Crippen molar-refractivity contribution in [2.75, 3.05) is 33.0 Å². The molecule has 2 heterocycles. The number of ether oxygens (including phenoxy) is 2. The number of hydrogen-bond acceptors (Lipinski definition) is 5. The third-order valence-corrected chi connectivity index (χ3v) is 5.89. The van der Waals surface area contributed by atoms with Gasteiger partial charge in [0.2, 0.25) is 0 Å². The minimum atomic E-state index is 0.554. The van der Waals surface area contributed by atoms with Crippen molar-refractivity contribution >= 4 is 5.82 Å². The second-order valence-corrected chi connectivity index (χ2v) is 7.81. The molecule has 0 aliphatic carbocycles. The number of nitrogens with two attached hydrogens (primary N) is 1. The van der Waals surface area contributed by atoms with Crippen molar-refractivity contribution in [3.8, 4) is 22.8 Å². The average Bonchev–Trinajstić information content (AvgIpc) is 2.79. The van der Waals surface area contributed by atoms with Crippen molar-refractivity contribution in [2.45, 2.75) is 25.3 Å². The lowest BCUT2D eigenvalue weighted by Crippen LogP contribution is -2.32. The summed E-state index contributed by atoms with van der Waals surface area (Å²) >= 11 is 0. The van der Waals surface area contributed by atoms with E-state index in [2.05, 4.69) is 46.3 Å². The molecule has 1 aliphatic heterocycles. The van der Waals surface area contributed by atoms with Crippen molar-refractivity contribution in [3.63, 3.8) is 0 Å². The van der Waals surface area contributed by atoms with E-state index in [1.54, 1.807) is 14.2 Å². The molecule has 2 N–H and O–H groups in total. The molecule has 30 heavy (non-hydrogen) atoms. The third-order valence-electron chi connectivity index (χ3n) is 5.89. The van der Waals surface area contributed by atoms with Gasteiger partial charge < -0.3 is 15.2 Å². The number of nitrogen functional groups attached to an aromatic ring is 1. The highest BCUT2D eigenvalue weighted by Crippen LogP contribution is 2.32. The predicted octanol–water partition coefficient (Wildman–Crippen LogP) is 4.73. The van der Waals surface area contributed by atoms with Gasteiger partial charge in [-0.05, 0) is 67.2 Å². The molecule has 5 nitrogen and oxygen atoms in total. The molecule has 0 radical (unpaired) electrons. The maximum atomic E-state index is 5.81. The summed E-state index contributed by atoms with van der Waals surface area (Å²) in [4.78, 5) is 6.93. The second-order valence-electron chi connectivity index (χ2n) is 7.81. The van der Waals surface area contributed by atoms with E-state index in [0.717, 1.165) is 42.4 Å². The van der Waals surface area contributed by atoms with Gasteiger partial charge in [-0.1, -0.05) is 36.4 Å². The molecular weight excluding hydrogens is 374 g/mol. The fraction of sp³-hybridized carbons (Fsp3) is 0.320. The maximum Gasteiger partial charge on any atom is 0.161 e.